The first-order chi connectivity index (χ1) is 8.72. The Morgan fingerprint density at radius 1 is 1.11 bits per heavy atom. The zero-order valence-corrected chi connectivity index (χ0v) is 11.2. The smallest absolute Gasteiger partial charge is 0.151 e. The topological polar surface area (TPSA) is 26.3 Å². The lowest BCUT2D eigenvalue weighted by Gasteiger charge is -2.06. The quantitative estimate of drug-likeness (QED) is 0.776. The summed E-state index contributed by atoms with van der Waals surface area (Å²) in [5, 5.41) is 0. The minimum Gasteiger partial charge on any atom is -0.497 e. The van der Waals surface area contributed by atoms with E-state index in [9.17, 15) is 4.79 Å². The first-order valence-corrected chi connectivity index (χ1v) is 6.42. The van der Waals surface area contributed by atoms with Crippen molar-refractivity contribution in [1.82, 2.24) is 0 Å². The van der Waals surface area contributed by atoms with Crippen molar-refractivity contribution in [2.75, 3.05) is 7.11 Å². The Kier molecular flexibility index (Phi) is 4.05. The fraction of sp³-hybridized carbons (Fsp3) is 0.133. The summed E-state index contributed by atoms with van der Waals surface area (Å²) in [6.45, 7) is 1.98. The van der Waals surface area contributed by atoms with E-state index in [2.05, 4.69) is 0 Å². The van der Waals surface area contributed by atoms with Crippen LogP contribution in [0.3, 0.4) is 0 Å². The number of carbonyl (C=O) groups is 1. The van der Waals surface area contributed by atoms with E-state index in [1.807, 2.05) is 49.4 Å². The summed E-state index contributed by atoms with van der Waals surface area (Å²) in [4.78, 5) is 13.1. The molecule has 0 aliphatic rings. The summed E-state index contributed by atoms with van der Waals surface area (Å²) in [6.07, 6.45) is 0.902. The van der Waals surface area contributed by atoms with Crippen LogP contribution in [0.5, 0.6) is 5.75 Å². The Labute approximate surface area is 111 Å². The van der Waals surface area contributed by atoms with Gasteiger partial charge in [-0.3, -0.25) is 4.79 Å². The van der Waals surface area contributed by atoms with E-state index in [1.165, 1.54) is 0 Å². The zero-order valence-electron chi connectivity index (χ0n) is 10.3. The molecule has 2 aromatic carbocycles. The molecule has 0 radical (unpaired) electrons. The predicted molar refractivity (Wildman–Crippen MR) is 73.7 cm³/mol. The van der Waals surface area contributed by atoms with Gasteiger partial charge >= 0.3 is 0 Å². The molecule has 0 amide bonds. The van der Waals surface area contributed by atoms with E-state index in [1.54, 1.807) is 18.9 Å². The van der Waals surface area contributed by atoms with Crippen LogP contribution >= 0.6 is 11.8 Å². The lowest BCUT2D eigenvalue weighted by Crippen LogP contribution is -1.87. The highest BCUT2D eigenvalue weighted by Crippen LogP contribution is 2.31. The van der Waals surface area contributed by atoms with Crippen molar-refractivity contribution in [2.45, 2.75) is 16.7 Å². The summed E-state index contributed by atoms with van der Waals surface area (Å²) in [5.74, 6) is 0.832. The van der Waals surface area contributed by atoms with Gasteiger partial charge in [0.2, 0.25) is 0 Å². The number of aryl methyl sites for hydroxylation is 1. The zero-order chi connectivity index (χ0) is 13.0. The molecule has 2 aromatic rings. The number of benzene rings is 2. The molecule has 92 valence electrons. The second kappa shape index (κ2) is 5.74. The molecule has 0 atom stereocenters. The van der Waals surface area contributed by atoms with Crippen molar-refractivity contribution in [1.29, 1.82) is 0 Å². The fourth-order valence-electron chi connectivity index (χ4n) is 1.62. The predicted octanol–water partition coefficient (Wildman–Crippen LogP) is 3.97. The molecule has 0 saturated heterocycles. The average molecular weight is 258 g/mol. The summed E-state index contributed by atoms with van der Waals surface area (Å²) < 4.78 is 5.11. The number of hydrogen-bond acceptors (Lipinski definition) is 3. The van der Waals surface area contributed by atoms with E-state index in [0.29, 0.717) is 0 Å². The molecule has 0 spiro atoms. The third-order valence-corrected chi connectivity index (χ3v) is 3.68. The molecule has 0 aromatic heterocycles. The van der Waals surface area contributed by atoms with Crippen LogP contribution in [0, 0.1) is 6.92 Å². The highest BCUT2D eigenvalue weighted by Gasteiger charge is 2.04. The third-order valence-electron chi connectivity index (χ3n) is 2.58. The molecule has 0 N–H and O–H groups in total. The van der Waals surface area contributed by atoms with Gasteiger partial charge in [0.25, 0.3) is 0 Å². The SMILES string of the molecule is COc1ccc(Sc2ccc(C)cc2C=O)cc1. The maximum Gasteiger partial charge on any atom is 0.151 e. The van der Waals surface area contributed by atoms with Gasteiger partial charge in [-0.2, -0.15) is 0 Å². The number of ether oxygens (including phenoxy) is 1. The van der Waals surface area contributed by atoms with Crippen molar-refractivity contribution in [2.24, 2.45) is 0 Å². The van der Waals surface area contributed by atoms with Crippen LogP contribution in [0.1, 0.15) is 15.9 Å². The lowest BCUT2D eigenvalue weighted by atomic mass is 10.2. The van der Waals surface area contributed by atoms with Crippen molar-refractivity contribution in [3.05, 3.63) is 53.6 Å². The van der Waals surface area contributed by atoms with E-state index < -0.39 is 0 Å². The Balaban J connectivity index is 2.24. The van der Waals surface area contributed by atoms with Crippen LogP contribution in [0.2, 0.25) is 0 Å². The molecule has 18 heavy (non-hydrogen) atoms. The van der Waals surface area contributed by atoms with Crippen molar-refractivity contribution in [3.8, 4) is 5.75 Å². The molecule has 0 bridgehead atoms. The molecule has 0 saturated carbocycles. The fourth-order valence-corrected chi connectivity index (χ4v) is 2.51. The molecule has 2 rings (SSSR count). The van der Waals surface area contributed by atoms with Gasteiger partial charge in [0.05, 0.1) is 7.11 Å². The Bertz CT molecular complexity index is 547. The summed E-state index contributed by atoms with van der Waals surface area (Å²) in [6, 6.07) is 13.7. The van der Waals surface area contributed by atoms with Gasteiger partial charge in [-0.25, -0.2) is 0 Å². The molecule has 0 fully saturated rings. The van der Waals surface area contributed by atoms with E-state index in [0.717, 1.165) is 33.0 Å². The van der Waals surface area contributed by atoms with E-state index in [4.69, 9.17) is 4.74 Å². The average Bonchev–Trinajstić information content (AvgIpc) is 2.41. The molecule has 0 aliphatic heterocycles. The number of aldehydes is 1. The maximum atomic E-state index is 11.0. The Hall–Kier alpha value is -1.74. The monoisotopic (exact) mass is 258 g/mol. The minimum absolute atomic E-state index is 0.732. The summed E-state index contributed by atoms with van der Waals surface area (Å²) in [7, 11) is 1.65. The highest BCUT2D eigenvalue weighted by molar-refractivity contribution is 7.99. The Morgan fingerprint density at radius 2 is 1.83 bits per heavy atom. The van der Waals surface area contributed by atoms with Gasteiger partial charge in [0.15, 0.2) is 6.29 Å². The van der Waals surface area contributed by atoms with E-state index in [-0.39, 0.29) is 0 Å². The van der Waals surface area contributed by atoms with Crippen LogP contribution in [-0.2, 0) is 0 Å². The molecule has 0 unspecified atom stereocenters. The van der Waals surface area contributed by atoms with Crippen LogP contribution in [0.15, 0.2) is 52.3 Å². The van der Waals surface area contributed by atoms with Crippen molar-refractivity contribution >= 4 is 18.0 Å². The van der Waals surface area contributed by atoms with Crippen molar-refractivity contribution in [3.63, 3.8) is 0 Å². The Morgan fingerprint density at radius 3 is 2.44 bits per heavy atom. The highest BCUT2D eigenvalue weighted by atomic mass is 32.2. The van der Waals surface area contributed by atoms with Crippen molar-refractivity contribution < 1.29 is 9.53 Å². The number of methoxy groups -OCH3 is 1. The molecule has 0 aliphatic carbocycles. The number of hydrogen-bond donors (Lipinski definition) is 0. The molecule has 3 heteroatoms. The van der Waals surface area contributed by atoms with Gasteiger partial charge in [0, 0.05) is 15.4 Å². The van der Waals surface area contributed by atoms with Gasteiger partial charge in [-0.15, -0.1) is 0 Å². The maximum absolute atomic E-state index is 11.0. The second-order valence-corrected chi connectivity index (χ2v) is 5.05. The summed E-state index contributed by atoms with van der Waals surface area (Å²) >= 11 is 1.58. The van der Waals surface area contributed by atoms with Gasteiger partial charge in [0.1, 0.15) is 5.75 Å². The van der Waals surface area contributed by atoms with Crippen LogP contribution in [-0.4, -0.2) is 13.4 Å². The number of carbonyl (C=O) groups excluding carboxylic acids is 1. The first kappa shape index (κ1) is 12.7. The lowest BCUT2D eigenvalue weighted by molar-refractivity contribution is 0.112. The van der Waals surface area contributed by atoms with Crippen LogP contribution in [0.4, 0.5) is 0 Å². The standard InChI is InChI=1S/C15H14O2S/c1-11-3-8-15(12(9-11)10-16)18-14-6-4-13(17-2)5-7-14/h3-10H,1-2H3. The van der Waals surface area contributed by atoms with Crippen LogP contribution < -0.4 is 4.74 Å². The first-order valence-electron chi connectivity index (χ1n) is 5.60. The third kappa shape index (κ3) is 2.93. The second-order valence-electron chi connectivity index (χ2n) is 3.94. The molecule has 0 heterocycles. The number of rotatable bonds is 4. The van der Waals surface area contributed by atoms with Gasteiger partial charge < -0.3 is 4.74 Å². The largest absolute Gasteiger partial charge is 0.497 e. The van der Waals surface area contributed by atoms with Gasteiger partial charge in [-0.1, -0.05) is 23.4 Å². The molecular formula is C15H14O2S. The molecule has 2 nitrogen and oxygen atoms in total. The normalized spacial score (nSPS) is 10.1. The molecular weight excluding hydrogens is 244 g/mol. The summed E-state index contributed by atoms with van der Waals surface area (Å²) in [5.41, 5.74) is 1.83. The van der Waals surface area contributed by atoms with Gasteiger partial charge in [-0.05, 0) is 43.3 Å². The van der Waals surface area contributed by atoms with Crippen LogP contribution in [0.25, 0.3) is 0 Å². The van der Waals surface area contributed by atoms with E-state index >= 15 is 0 Å². The minimum atomic E-state index is 0.732.